The molecule has 2 aliphatic rings. The lowest BCUT2D eigenvalue weighted by molar-refractivity contribution is -0.186. The minimum atomic E-state index is -5.01. The van der Waals surface area contributed by atoms with Gasteiger partial charge in [-0.25, -0.2) is 8.42 Å². The van der Waals surface area contributed by atoms with E-state index in [1.165, 1.54) is 18.2 Å². The van der Waals surface area contributed by atoms with Crippen molar-refractivity contribution in [1.29, 1.82) is 0 Å². The van der Waals surface area contributed by atoms with Crippen molar-refractivity contribution in [2.75, 3.05) is 11.3 Å². The molecule has 0 atom stereocenters. The van der Waals surface area contributed by atoms with E-state index >= 15 is 0 Å². The number of anilines is 1. The molecule has 1 heterocycles. The molecule has 2 aromatic carbocycles. The maximum absolute atomic E-state index is 13.0. The maximum atomic E-state index is 13.0. The molecule has 0 bridgehead atoms. The number of fused-ring (bicyclic) bond motifs is 1. The van der Waals surface area contributed by atoms with Gasteiger partial charge in [-0.3, -0.25) is 9.52 Å². The predicted octanol–water partition coefficient (Wildman–Crippen LogP) is 5.53. The van der Waals surface area contributed by atoms with Crippen LogP contribution in [0.1, 0.15) is 11.1 Å². The Hall–Kier alpha value is -2.93. The van der Waals surface area contributed by atoms with Gasteiger partial charge >= 0.3 is 12.1 Å². The third-order valence-corrected chi connectivity index (χ3v) is 7.13. The average molecular weight is 527 g/mol. The fourth-order valence-corrected chi connectivity index (χ4v) is 5.07. The highest BCUT2D eigenvalue weighted by atomic mass is 35.5. The van der Waals surface area contributed by atoms with E-state index < -0.39 is 22.1 Å². The van der Waals surface area contributed by atoms with Gasteiger partial charge in [0.15, 0.2) is 0 Å². The number of benzene rings is 2. The molecule has 4 rings (SSSR count). The van der Waals surface area contributed by atoms with Crippen LogP contribution >= 0.6 is 23.2 Å². The number of allylic oxidation sites excluding steroid dienone is 3. The number of alkyl halides is 3. The van der Waals surface area contributed by atoms with E-state index in [4.69, 9.17) is 23.2 Å². The summed E-state index contributed by atoms with van der Waals surface area (Å²) in [5.41, 5.74) is 7.23. The Morgan fingerprint density at radius 3 is 2.44 bits per heavy atom. The normalized spacial score (nSPS) is 15.5. The second kappa shape index (κ2) is 9.02. The first-order chi connectivity index (χ1) is 16.0. The first kappa shape index (κ1) is 24.2. The van der Waals surface area contributed by atoms with Crippen LogP contribution < -0.4 is 4.72 Å². The van der Waals surface area contributed by atoms with E-state index in [0.717, 1.165) is 0 Å². The van der Waals surface area contributed by atoms with Crippen molar-refractivity contribution >= 4 is 44.8 Å². The molecule has 5 nitrogen and oxygen atoms in total. The molecule has 0 fully saturated rings. The molecule has 1 aliphatic carbocycles. The average Bonchev–Trinajstić information content (AvgIpc) is 2.77. The van der Waals surface area contributed by atoms with Crippen molar-refractivity contribution < 1.29 is 26.4 Å². The van der Waals surface area contributed by atoms with Crippen LogP contribution in [0.25, 0.3) is 11.1 Å². The highest BCUT2D eigenvalue weighted by Crippen LogP contribution is 2.38. The van der Waals surface area contributed by atoms with E-state index in [9.17, 15) is 26.4 Å². The summed E-state index contributed by atoms with van der Waals surface area (Å²) in [6.07, 6.45) is -2.28. The fraction of sp³-hybridized carbons (Fsp3) is 0.174. The number of hydrogen-bond donors (Lipinski definition) is 1. The van der Waals surface area contributed by atoms with Crippen LogP contribution in [0, 0.1) is 0 Å². The number of carbonyl (C=O) groups is 1. The molecule has 0 saturated carbocycles. The van der Waals surface area contributed by atoms with Crippen molar-refractivity contribution in [2.45, 2.75) is 19.1 Å². The van der Waals surface area contributed by atoms with Crippen molar-refractivity contribution in [3.63, 3.8) is 0 Å². The summed E-state index contributed by atoms with van der Waals surface area (Å²) >= 11 is 12.1. The Morgan fingerprint density at radius 2 is 1.79 bits per heavy atom. The Labute approximate surface area is 203 Å². The van der Waals surface area contributed by atoms with Crippen LogP contribution in [0.3, 0.4) is 0 Å². The highest BCUT2D eigenvalue weighted by molar-refractivity contribution is 7.96. The van der Waals surface area contributed by atoms with E-state index in [2.05, 4.69) is 16.2 Å². The summed E-state index contributed by atoms with van der Waals surface area (Å²) in [7, 11) is -4.11. The Kier molecular flexibility index (Phi) is 6.42. The van der Waals surface area contributed by atoms with Crippen molar-refractivity contribution in [3.8, 4) is 11.1 Å². The second-order valence-corrected chi connectivity index (χ2v) is 9.98. The van der Waals surface area contributed by atoms with E-state index in [1.54, 1.807) is 30.3 Å². The van der Waals surface area contributed by atoms with Gasteiger partial charge in [0.1, 0.15) is 4.91 Å². The van der Waals surface area contributed by atoms with Crippen molar-refractivity contribution in [1.82, 2.24) is 4.90 Å². The third-order valence-electron chi connectivity index (χ3n) is 5.26. The molecule has 0 radical (unpaired) electrons. The topological polar surface area (TPSA) is 66.5 Å². The molecule has 176 valence electrons. The van der Waals surface area contributed by atoms with Crippen LogP contribution in [0.5, 0.6) is 0 Å². The molecule has 0 spiro atoms. The minimum Gasteiger partial charge on any atom is -0.330 e. The van der Waals surface area contributed by atoms with Gasteiger partial charge in [0, 0.05) is 29.4 Å². The number of carbonyl (C=O) groups excluding carboxylic acids is 1. The molecule has 0 unspecified atom stereocenters. The van der Waals surface area contributed by atoms with Crippen LogP contribution in [0.4, 0.5) is 18.9 Å². The number of halogens is 5. The zero-order valence-electron chi connectivity index (χ0n) is 17.2. The van der Waals surface area contributed by atoms with Gasteiger partial charge in [-0.15, -0.1) is 0 Å². The molecule has 2 aromatic rings. The zero-order valence-corrected chi connectivity index (χ0v) is 19.5. The summed E-state index contributed by atoms with van der Waals surface area (Å²) in [5, 5.41) is 0.572. The quantitative estimate of drug-likeness (QED) is 0.533. The van der Waals surface area contributed by atoms with E-state index in [1.807, 2.05) is 0 Å². The van der Waals surface area contributed by atoms with E-state index in [-0.39, 0.29) is 35.1 Å². The van der Waals surface area contributed by atoms with Gasteiger partial charge in [0.05, 0.1) is 5.03 Å². The smallest absolute Gasteiger partial charge is 0.330 e. The number of nitrogens with one attached hydrogen (secondary N) is 1. The first-order valence-electron chi connectivity index (χ1n) is 9.85. The van der Waals surface area contributed by atoms with Crippen LogP contribution in [-0.4, -0.2) is 31.9 Å². The zero-order chi connectivity index (χ0) is 24.7. The summed E-state index contributed by atoms with van der Waals surface area (Å²) in [5.74, 6) is -1.95. The number of amides is 1. The van der Waals surface area contributed by atoms with Crippen LogP contribution in [0.15, 0.2) is 70.0 Å². The largest absolute Gasteiger partial charge is 0.471 e. The van der Waals surface area contributed by atoms with Crippen molar-refractivity contribution in [2.24, 2.45) is 0 Å². The molecule has 1 N–H and O–H groups in total. The summed E-state index contributed by atoms with van der Waals surface area (Å²) in [6.45, 7) is -0.467. The summed E-state index contributed by atoms with van der Waals surface area (Å²) in [6, 6.07) is 9.83. The molecule has 0 aromatic heterocycles. The number of hydrogen-bond acceptors (Lipinski definition) is 3. The maximum Gasteiger partial charge on any atom is 0.471 e. The molecule has 0 saturated heterocycles. The Morgan fingerprint density at radius 1 is 1.06 bits per heavy atom. The third kappa shape index (κ3) is 4.94. The van der Waals surface area contributed by atoms with Gasteiger partial charge in [0.2, 0.25) is 0 Å². The highest BCUT2D eigenvalue weighted by Gasteiger charge is 2.43. The molecule has 1 amide bonds. The molecule has 1 aliphatic heterocycles. The number of sulfonamides is 1. The second-order valence-electron chi connectivity index (χ2n) is 7.52. The summed E-state index contributed by atoms with van der Waals surface area (Å²) < 4.78 is 67.2. The van der Waals surface area contributed by atoms with Crippen molar-refractivity contribution in [3.05, 3.63) is 86.1 Å². The summed E-state index contributed by atoms with van der Waals surface area (Å²) in [4.78, 5) is 12.3. The molecular formula is C23H15Cl2F3N2O3S. The fourth-order valence-electron chi connectivity index (χ4n) is 3.75. The molecular weight excluding hydrogens is 512 g/mol. The van der Waals surface area contributed by atoms with E-state index in [0.29, 0.717) is 32.2 Å². The molecule has 34 heavy (non-hydrogen) atoms. The predicted molar refractivity (Wildman–Crippen MR) is 124 cm³/mol. The lowest BCUT2D eigenvalue weighted by Gasteiger charge is -2.31. The van der Waals surface area contributed by atoms with Crippen LogP contribution in [-0.2, 0) is 27.8 Å². The van der Waals surface area contributed by atoms with Gasteiger partial charge < -0.3 is 4.90 Å². The van der Waals surface area contributed by atoms with Gasteiger partial charge in [-0.05, 0) is 64.9 Å². The van der Waals surface area contributed by atoms with Crippen LogP contribution in [0.2, 0.25) is 5.02 Å². The van der Waals surface area contributed by atoms with Gasteiger partial charge in [0.25, 0.3) is 10.0 Å². The Balaban J connectivity index is 1.81. The lowest BCUT2D eigenvalue weighted by atomic mass is 9.90. The number of rotatable bonds is 4. The van der Waals surface area contributed by atoms with Gasteiger partial charge in [-0.1, -0.05) is 41.4 Å². The number of nitrogens with zero attached hydrogens (tertiary/aromatic N) is 1. The van der Waals surface area contributed by atoms with Gasteiger partial charge in [-0.2, -0.15) is 13.2 Å². The monoisotopic (exact) mass is 526 g/mol. The minimum absolute atomic E-state index is 0.0957. The SMILES string of the molecule is O=C(N1CCc2c(cc(NS(=O)(=O)C3=C=C=C(Cl)C=C3)cc2-c2ccccc2Cl)C1)C(F)(F)F. The first-order valence-corrected chi connectivity index (χ1v) is 12.1. The molecule has 11 heteroatoms. The standard InChI is InChI=1S/C23H15Cl2F3N2O3S/c24-15-5-7-17(8-6-15)34(32,33)29-16-11-14-13-30(22(31)23(26,27)28)10-9-18(14)20(12-16)19-3-1-2-4-21(19)25/h1-5,7,11-12,29H,9-10,13H2. The lowest BCUT2D eigenvalue weighted by Crippen LogP contribution is -2.43. The Bertz CT molecular complexity index is 1440.